The summed E-state index contributed by atoms with van der Waals surface area (Å²) in [6.07, 6.45) is -0.558. The maximum atomic E-state index is 10.6. The van der Waals surface area contributed by atoms with Crippen molar-refractivity contribution in [1.82, 2.24) is 0 Å². The number of hydrogen-bond donors (Lipinski definition) is 2. The second-order valence-electron chi connectivity index (χ2n) is 2.65. The van der Waals surface area contributed by atoms with Gasteiger partial charge in [-0.25, -0.2) is 4.57 Å². The number of alkyl halides is 1. The van der Waals surface area contributed by atoms with E-state index in [2.05, 4.69) is 4.52 Å². The van der Waals surface area contributed by atoms with Gasteiger partial charge in [0.05, 0.1) is 0 Å². The predicted octanol–water partition coefficient (Wildman–Crippen LogP) is 2.27. The monoisotopic (exact) mass is 328 g/mol. The van der Waals surface area contributed by atoms with Gasteiger partial charge in [-0.2, -0.15) is 0 Å². The summed E-state index contributed by atoms with van der Waals surface area (Å²) in [5.41, 5.74) is 0.769. The Kier molecular flexibility index (Phi) is 4.53. The summed E-state index contributed by atoms with van der Waals surface area (Å²) < 4.78 is 15.8. The summed E-state index contributed by atoms with van der Waals surface area (Å²) in [4.78, 5) is 17.3. The summed E-state index contributed by atoms with van der Waals surface area (Å²) in [6, 6.07) is 9.00. The minimum Gasteiger partial charge on any atom is -0.303 e. The average Bonchev–Trinajstić information content (AvgIpc) is 2.14. The fraction of sp³-hybridized carbons (Fsp3) is 0.250. The van der Waals surface area contributed by atoms with Crippen molar-refractivity contribution < 1.29 is 18.9 Å². The normalized spacial score (nSPS) is 13.9. The summed E-state index contributed by atoms with van der Waals surface area (Å²) in [5.74, 6) is 0. The van der Waals surface area contributed by atoms with Gasteiger partial charge in [0.15, 0.2) is 0 Å². The SMILES string of the molecule is O=P(O)(O)OC(CI)c1ccccc1. The van der Waals surface area contributed by atoms with Crippen molar-refractivity contribution >= 4 is 30.4 Å². The molecule has 0 radical (unpaired) electrons. The first-order chi connectivity index (χ1) is 6.53. The van der Waals surface area contributed by atoms with Crippen LogP contribution in [0.1, 0.15) is 11.7 Å². The molecule has 0 aliphatic rings. The highest BCUT2D eigenvalue weighted by atomic mass is 127. The van der Waals surface area contributed by atoms with Gasteiger partial charge in [-0.05, 0) is 5.56 Å². The Labute approximate surface area is 95.7 Å². The van der Waals surface area contributed by atoms with E-state index in [0.29, 0.717) is 4.43 Å². The number of phosphoric ester groups is 1. The summed E-state index contributed by atoms with van der Waals surface area (Å²) in [5, 5.41) is 0. The third-order valence-corrected chi connectivity index (χ3v) is 2.91. The lowest BCUT2D eigenvalue weighted by atomic mass is 10.1. The Morgan fingerprint density at radius 3 is 2.36 bits per heavy atom. The van der Waals surface area contributed by atoms with Crippen molar-refractivity contribution in [2.45, 2.75) is 6.10 Å². The molecule has 0 spiro atoms. The molecule has 1 aromatic carbocycles. The van der Waals surface area contributed by atoms with Crippen molar-refractivity contribution in [3.8, 4) is 0 Å². The van der Waals surface area contributed by atoms with Crippen molar-refractivity contribution in [1.29, 1.82) is 0 Å². The van der Waals surface area contributed by atoms with E-state index in [4.69, 9.17) is 9.79 Å². The fourth-order valence-electron chi connectivity index (χ4n) is 1.01. The van der Waals surface area contributed by atoms with E-state index in [1.165, 1.54) is 0 Å². The number of rotatable bonds is 4. The molecule has 78 valence electrons. The highest BCUT2D eigenvalue weighted by molar-refractivity contribution is 14.1. The largest absolute Gasteiger partial charge is 0.470 e. The molecule has 2 N–H and O–H groups in total. The van der Waals surface area contributed by atoms with Crippen molar-refractivity contribution in [3.05, 3.63) is 35.9 Å². The minimum atomic E-state index is -4.41. The van der Waals surface area contributed by atoms with Gasteiger partial charge in [-0.3, -0.25) is 4.52 Å². The molecule has 0 heterocycles. The van der Waals surface area contributed by atoms with Crippen LogP contribution in [-0.2, 0) is 9.09 Å². The Morgan fingerprint density at radius 2 is 1.93 bits per heavy atom. The maximum Gasteiger partial charge on any atom is 0.470 e. The fourth-order valence-corrected chi connectivity index (χ4v) is 2.51. The molecule has 0 amide bonds. The first kappa shape index (κ1) is 12.1. The molecule has 1 aromatic rings. The lowest BCUT2D eigenvalue weighted by Crippen LogP contribution is -2.03. The van der Waals surface area contributed by atoms with Crippen LogP contribution in [0.3, 0.4) is 0 Å². The van der Waals surface area contributed by atoms with Gasteiger partial charge in [0, 0.05) is 4.43 Å². The standard InChI is InChI=1S/C8H10IO4P/c9-6-8(13-14(10,11)12)7-4-2-1-3-5-7/h1-5,8H,6H2,(H2,10,11,12). The average molecular weight is 328 g/mol. The Bertz CT molecular complexity index is 323. The van der Waals surface area contributed by atoms with E-state index in [9.17, 15) is 4.57 Å². The summed E-state index contributed by atoms with van der Waals surface area (Å²) in [7, 11) is -4.41. The Balaban J connectivity index is 2.78. The van der Waals surface area contributed by atoms with Crippen LogP contribution in [0.2, 0.25) is 0 Å². The molecule has 1 rings (SSSR count). The van der Waals surface area contributed by atoms with E-state index in [-0.39, 0.29) is 0 Å². The van der Waals surface area contributed by atoms with Crippen LogP contribution in [-0.4, -0.2) is 14.2 Å². The molecular formula is C8H10IO4P. The van der Waals surface area contributed by atoms with Crippen LogP contribution < -0.4 is 0 Å². The second kappa shape index (κ2) is 5.23. The van der Waals surface area contributed by atoms with Crippen LogP contribution in [0.5, 0.6) is 0 Å². The molecule has 0 aliphatic carbocycles. The molecular weight excluding hydrogens is 318 g/mol. The topological polar surface area (TPSA) is 66.8 Å². The summed E-state index contributed by atoms with van der Waals surface area (Å²) in [6.45, 7) is 0. The molecule has 6 heteroatoms. The van der Waals surface area contributed by atoms with Gasteiger partial charge in [0.1, 0.15) is 6.10 Å². The Hall–Kier alpha value is 0.0600. The Morgan fingerprint density at radius 1 is 1.36 bits per heavy atom. The lowest BCUT2D eigenvalue weighted by Gasteiger charge is -2.15. The van der Waals surface area contributed by atoms with Gasteiger partial charge in [0.2, 0.25) is 0 Å². The van der Waals surface area contributed by atoms with Crippen molar-refractivity contribution in [2.24, 2.45) is 0 Å². The predicted molar refractivity (Wildman–Crippen MR) is 61.2 cm³/mol. The number of halogens is 1. The van der Waals surface area contributed by atoms with Crippen molar-refractivity contribution in [3.63, 3.8) is 0 Å². The third-order valence-electron chi connectivity index (χ3n) is 1.58. The zero-order valence-corrected chi connectivity index (χ0v) is 10.3. The van der Waals surface area contributed by atoms with E-state index in [1.54, 1.807) is 24.3 Å². The zero-order chi connectivity index (χ0) is 10.6. The van der Waals surface area contributed by atoms with Crippen LogP contribution in [0.4, 0.5) is 0 Å². The van der Waals surface area contributed by atoms with E-state index < -0.39 is 13.9 Å². The first-order valence-electron chi connectivity index (χ1n) is 3.88. The molecule has 0 saturated heterocycles. The number of benzene rings is 1. The van der Waals surface area contributed by atoms with Gasteiger partial charge in [-0.1, -0.05) is 52.9 Å². The third kappa shape index (κ3) is 4.06. The second-order valence-corrected chi connectivity index (χ2v) is 4.72. The van der Waals surface area contributed by atoms with Gasteiger partial charge >= 0.3 is 7.82 Å². The van der Waals surface area contributed by atoms with Gasteiger partial charge in [0.25, 0.3) is 0 Å². The summed E-state index contributed by atoms with van der Waals surface area (Å²) >= 11 is 2.02. The zero-order valence-electron chi connectivity index (χ0n) is 7.21. The molecule has 0 aromatic heterocycles. The highest BCUT2D eigenvalue weighted by Gasteiger charge is 2.22. The molecule has 0 bridgehead atoms. The smallest absolute Gasteiger partial charge is 0.303 e. The molecule has 0 fully saturated rings. The number of hydrogen-bond acceptors (Lipinski definition) is 2. The van der Waals surface area contributed by atoms with E-state index >= 15 is 0 Å². The lowest BCUT2D eigenvalue weighted by molar-refractivity contribution is 0.150. The quantitative estimate of drug-likeness (QED) is 0.506. The molecule has 0 aliphatic heterocycles. The van der Waals surface area contributed by atoms with Crippen LogP contribution in [0.25, 0.3) is 0 Å². The van der Waals surface area contributed by atoms with E-state index in [0.717, 1.165) is 5.56 Å². The molecule has 4 nitrogen and oxygen atoms in total. The van der Waals surface area contributed by atoms with Gasteiger partial charge < -0.3 is 9.79 Å². The molecule has 1 unspecified atom stereocenters. The van der Waals surface area contributed by atoms with E-state index in [1.807, 2.05) is 28.7 Å². The highest BCUT2D eigenvalue weighted by Crippen LogP contribution is 2.42. The van der Waals surface area contributed by atoms with Gasteiger partial charge in [-0.15, -0.1) is 0 Å². The maximum absolute atomic E-state index is 10.6. The molecule has 1 atom stereocenters. The number of phosphoric acid groups is 1. The van der Waals surface area contributed by atoms with Crippen molar-refractivity contribution in [2.75, 3.05) is 4.43 Å². The van der Waals surface area contributed by atoms with Crippen LogP contribution >= 0.6 is 30.4 Å². The minimum absolute atomic E-state index is 0.493. The van der Waals surface area contributed by atoms with Crippen LogP contribution in [0, 0.1) is 0 Å². The molecule has 0 saturated carbocycles. The molecule has 14 heavy (non-hydrogen) atoms. The first-order valence-corrected chi connectivity index (χ1v) is 6.93. The van der Waals surface area contributed by atoms with Crippen LogP contribution in [0.15, 0.2) is 30.3 Å².